The minimum absolute atomic E-state index is 0.602. The maximum atomic E-state index is 4.18. The summed E-state index contributed by atoms with van der Waals surface area (Å²) < 4.78 is 0. The van der Waals surface area contributed by atoms with Crippen LogP contribution in [0.2, 0.25) is 0 Å². The number of rotatable bonds is 2. The molecular formula is C13H21N3. The van der Waals surface area contributed by atoms with Gasteiger partial charge in [-0.1, -0.05) is 13.0 Å². The maximum absolute atomic E-state index is 4.18. The van der Waals surface area contributed by atoms with Gasteiger partial charge in [-0.3, -0.25) is 9.88 Å². The molecule has 0 saturated carbocycles. The topological polar surface area (TPSA) is 28.2 Å². The number of nitrogens with one attached hydrogen (secondary N) is 1. The summed E-state index contributed by atoms with van der Waals surface area (Å²) in [6.45, 7) is 9.01. The molecule has 1 N–H and O–H groups in total. The first-order valence-corrected chi connectivity index (χ1v) is 6.09. The SMILES string of the molecule is CC1CNCC(C)N(Cc2cccnc2)C1. The van der Waals surface area contributed by atoms with E-state index in [1.54, 1.807) is 0 Å². The summed E-state index contributed by atoms with van der Waals surface area (Å²) in [5.74, 6) is 0.724. The largest absolute Gasteiger partial charge is 0.315 e. The van der Waals surface area contributed by atoms with Crippen molar-refractivity contribution in [3.8, 4) is 0 Å². The first kappa shape index (κ1) is 11.6. The number of nitrogens with zero attached hydrogens (tertiary/aromatic N) is 2. The second-order valence-corrected chi connectivity index (χ2v) is 4.90. The van der Waals surface area contributed by atoms with Crippen LogP contribution in [0, 0.1) is 5.92 Å². The normalized spacial score (nSPS) is 27.6. The van der Waals surface area contributed by atoms with E-state index in [1.807, 2.05) is 18.5 Å². The molecule has 1 aromatic rings. The van der Waals surface area contributed by atoms with Crippen LogP contribution in [0.4, 0.5) is 0 Å². The van der Waals surface area contributed by atoms with E-state index in [2.05, 4.69) is 35.1 Å². The minimum atomic E-state index is 0.602. The molecule has 1 fully saturated rings. The molecule has 1 aromatic heterocycles. The van der Waals surface area contributed by atoms with Crippen LogP contribution in [0.1, 0.15) is 19.4 Å². The average Bonchev–Trinajstić information content (AvgIpc) is 2.43. The van der Waals surface area contributed by atoms with Crippen molar-refractivity contribution in [3.63, 3.8) is 0 Å². The lowest BCUT2D eigenvalue weighted by Crippen LogP contribution is -2.37. The second-order valence-electron chi connectivity index (χ2n) is 4.90. The van der Waals surface area contributed by atoms with E-state index >= 15 is 0 Å². The summed E-state index contributed by atoms with van der Waals surface area (Å²) in [4.78, 5) is 6.72. The quantitative estimate of drug-likeness (QED) is 0.817. The van der Waals surface area contributed by atoms with Gasteiger partial charge in [-0.2, -0.15) is 0 Å². The van der Waals surface area contributed by atoms with Crippen molar-refractivity contribution in [2.45, 2.75) is 26.4 Å². The van der Waals surface area contributed by atoms with Gasteiger partial charge in [0.25, 0.3) is 0 Å². The smallest absolute Gasteiger partial charge is 0.0312 e. The van der Waals surface area contributed by atoms with E-state index in [4.69, 9.17) is 0 Å². The highest BCUT2D eigenvalue weighted by Crippen LogP contribution is 2.12. The molecule has 0 amide bonds. The Morgan fingerprint density at radius 3 is 3.06 bits per heavy atom. The molecule has 0 bridgehead atoms. The van der Waals surface area contributed by atoms with Crippen molar-refractivity contribution < 1.29 is 0 Å². The third-order valence-corrected chi connectivity index (χ3v) is 3.21. The lowest BCUT2D eigenvalue weighted by Gasteiger charge is -2.27. The van der Waals surface area contributed by atoms with E-state index in [1.165, 1.54) is 12.1 Å². The Hall–Kier alpha value is -0.930. The highest BCUT2D eigenvalue weighted by atomic mass is 15.2. The van der Waals surface area contributed by atoms with Gasteiger partial charge < -0.3 is 5.32 Å². The Bertz CT molecular complexity index is 312. The summed E-state index contributed by atoms with van der Waals surface area (Å²) in [6.07, 6.45) is 3.80. The molecule has 88 valence electrons. The van der Waals surface area contributed by atoms with Crippen LogP contribution in [-0.2, 0) is 6.54 Å². The summed E-state index contributed by atoms with van der Waals surface area (Å²) in [7, 11) is 0. The average molecular weight is 219 g/mol. The fourth-order valence-corrected chi connectivity index (χ4v) is 2.26. The predicted molar refractivity (Wildman–Crippen MR) is 66.1 cm³/mol. The van der Waals surface area contributed by atoms with Crippen LogP contribution in [0.5, 0.6) is 0 Å². The standard InChI is InChI=1S/C13H21N3/c1-11-6-15-7-12(2)16(9-11)10-13-4-3-5-14-8-13/h3-5,8,11-12,15H,6-7,9-10H2,1-2H3. The third-order valence-electron chi connectivity index (χ3n) is 3.21. The number of aromatic nitrogens is 1. The lowest BCUT2D eigenvalue weighted by molar-refractivity contribution is 0.195. The zero-order valence-electron chi connectivity index (χ0n) is 10.2. The van der Waals surface area contributed by atoms with E-state index in [9.17, 15) is 0 Å². The Morgan fingerprint density at radius 1 is 1.44 bits per heavy atom. The van der Waals surface area contributed by atoms with Gasteiger partial charge in [-0.05, 0) is 31.0 Å². The van der Waals surface area contributed by atoms with Crippen LogP contribution >= 0.6 is 0 Å². The lowest BCUT2D eigenvalue weighted by atomic mass is 10.1. The molecule has 0 aliphatic carbocycles. The first-order chi connectivity index (χ1) is 7.75. The molecule has 2 heterocycles. The van der Waals surface area contributed by atoms with Crippen LogP contribution in [0.25, 0.3) is 0 Å². The van der Waals surface area contributed by atoms with Crippen molar-refractivity contribution >= 4 is 0 Å². The zero-order valence-corrected chi connectivity index (χ0v) is 10.2. The van der Waals surface area contributed by atoms with Gasteiger partial charge >= 0.3 is 0 Å². The van der Waals surface area contributed by atoms with Crippen LogP contribution in [0.3, 0.4) is 0 Å². The van der Waals surface area contributed by atoms with Gasteiger partial charge in [0, 0.05) is 38.1 Å². The van der Waals surface area contributed by atoms with E-state index in [0.29, 0.717) is 6.04 Å². The molecule has 2 rings (SSSR count). The third kappa shape index (κ3) is 3.03. The highest BCUT2D eigenvalue weighted by Gasteiger charge is 2.20. The Kier molecular flexibility index (Phi) is 3.91. The van der Waals surface area contributed by atoms with E-state index in [-0.39, 0.29) is 0 Å². The molecule has 2 unspecified atom stereocenters. The Morgan fingerprint density at radius 2 is 2.31 bits per heavy atom. The first-order valence-electron chi connectivity index (χ1n) is 6.09. The van der Waals surface area contributed by atoms with Crippen LogP contribution in [-0.4, -0.2) is 35.6 Å². The fraction of sp³-hybridized carbons (Fsp3) is 0.615. The van der Waals surface area contributed by atoms with E-state index in [0.717, 1.165) is 25.6 Å². The van der Waals surface area contributed by atoms with Crippen molar-refractivity contribution in [3.05, 3.63) is 30.1 Å². The van der Waals surface area contributed by atoms with Gasteiger partial charge in [0.15, 0.2) is 0 Å². The zero-order chi connectivity index (χ0) is 11.4. The van der Waals surface area contributed by atoms with Crippen molar-refractivity contribution in [2.75, 3.05) is 19.6 Å². The minimum Gasteiger partial charge on any atom is -0.315 e. The van der Waals surface area contributed by atoms with Gasteiger partial charge in [-0.15, -0.1) is 0 Å². The molecule has 3 nitrogen and oxygen atoms in total. The molecule has 1 aliphatic heterocycles. The molecule has 0 aromatic carbocycles. The molecule has 2 atom stereocenters. The molecule has 16 heavy (non-hydrogen) atoms. The molecular weight excluding hydrogens is 198 g/mol. The number of hydrogen-bond acceptors (Lipinski definition) is 3. The maximum Gasteiger partial charge on any atom is 0.0312 e. The monoisotopic (exact) mass is 219 g/mol. The van der Waals surface area contributed by atoms with Gasteiger partial charge in [0.2, 0.25) is 0 Å². The Labute approximate surface area is 97.9 Å². The summed E-state index contributed by atoms with van der Waals surface area (Å²) in [6, 6.07) is 4.77. The van der Waals surface area contributed by atoms with Crippen LogP contribution < -0.4 is 5.32 Å². The van der Waals surface area contributed by atoms with E-state index < -0.39 is 0 Å². The molecule has 0 spiro atoms. The molecule has 3 heteroatoms. The van der Waals surface area contributed by atoms with Crippen molar-refractivity contribution in [2.24, 2.45) is 5.92 Å². The summed E-state index contributed by atoms with van der Waals surface area (Å²) in [5.41, 5.74) is 1.31. The fourth-order valence-electron chi connectivity index (χ4n) is 2.26. The molecule has 1 saturated heterocycles. The Balaban J connectivity index is 2.01. The highest BCUT2D eigenvalue weighted by molar-refractivity contribution is 5.08. The summed E-state index contributed by atoms with van der Waals surface area (Å²) >= 11 is 0. The second kappa shape index (κ2) is 5.41. The van der Waals surface area contributed by atoms with Crippen LogP contribution in [0.15, 0.2) is 24.5 Å². The molecule has 0 radical (unpaired) electrons. The molecule has 1 aliphatic rings. The van der Waals surface area contributed by atoms with Gasteiger partial charge in [0.05, 0.1) is 0 Å². The number of hydrogen-bond donors (Lipinski definition) is 1. The predicted octanol–water partition coefficient (Wildman–Crippen LogP) is 1.51. The van der Waals surface area contributed by atoms with Crippen molar-refractivity contribution in [1.82, 2.24) is 15.2 Å². The number of pyridine rings is 1. The van der Waals surface area contributed by atoms with Crippen molar-refractivity contribution in [1.29, 1.82) is 0 Å². The van der Waals surface area contributed by atoms with Gasteiger partial charge in [0.1, 0.15) is 0 Å². The summed E-state index contributed by atoms with van der Waals surface area (Å²) in [5, 5.41) is 3.51. The van der Waals surface area contributed by atoms with Gasteiger partial charge in [-0.25, -0.2) is 0 Å².